The molecule has 2 rings (SSSR count). The van der Waals surface area contributed by atoms with Gasteiger partial charge in [-0.1, -0.05) is 37.6 Å². The first-order valence-corrected chi connectivity index (χ1v) is 10.6. The highest BCUT2D eigenvalue weighted by Gasteiger charge is 2.37. The summed E-state index contributed by atoms with van der Waals surface area (Å²) in [6.45, 7) is 17.9. The zero-order valence-electron chi connectivity index (χ0n) is 18.6. The molecule has 0 aromatic heterocycles. The van der Waals surface area contributed by atoms with Crippen molar-refractivity contribution in [1.29, 1.82) is 0 Å². The van der Waals surface area contributed by atoms with Gasteiger partial charge in [0.25, 0.3) is 0 Å². The first-order chi connectivity index (χ1) is 13.0. The lowest BCUT2D eigenvalue weighted by molar-refractivity contribution is -0.134. The van der Waals surface area contributed by atoms with Gasteiger partial charge in [0, 0.05) is 25.0 Å². The van der Waals surface area contributed by atoms with Crippen LogP contribution in [0.3, 0.4) is 0 Å². The zero-order chi connectivity index (χ0) is 21.1. The van der Waals surface area contributed by atoms with E-state index in [0.717, 1.165) is 37.8 Å². The Morgan fingerprint density at radius 3 is 2.43 bits per heavy atom. The second-order valence-corrected chi connectivity index (χ2v) is 9.64. The summed E-state index contributed by atoms with van der Waals surface area (Å²) in [4.78, 5) is 29.0. The maximum atomic E-state index is 12.9. The second kappa shape index (κ2) is 9.15. The normalized spacial score (nSPS) is 20.9. The molecular formula is C23H38N2O3. The molecule has 5 nitrogen and oxygen atoms in total. The van der Waals surface area contributed by atoms with Crippen molar-refractivity contribution >= 4 is 12.0 Å². The number of piperidine rings is 1. The van der Waals surface area contributed by atoms with E-state index < -0.39 is 5.60 Å². The van der Waals surface area contributed by atoms with Crippen molar-refractivity contribution in [2.75, 3.05) is 19.6 Å². The summed E-state index contributed by atoms with van der Waals surface area (Å²) in [5.41, 5.74) is 1.87. The van der Waals surface area contributed by atoms with Crippen LogP contribution in [0.15, 0.2) is 23.8 Å². The van der Waals surface area contributed by atoms with Crippen LogP contribution in [0.4, 0.5) is 4.79 Å². The van der Waals surface area contributed by atoms with Crippen LogP contribution in [-0.4, -0.2) is 53.1 Å². The topological polar surface area (TPSA) is 49.9 Å². The summed E-state index contributed by atoms with van der Waals surface area (Å²) in [5.74, 6) is 0.807. The van der Waals surface area contributed by atoms with E-state index in [-0.39, 0.29) is 24.6 Å². The van der Waals surface area contributed by atoms with Gasteiger partial charge in [-0.05, 0) is 59.3 Å². The average molecular weight is 391 g/mol. The number of ether oxygens (including phenoxy) is 1. The molecule has 0 bridgehead atoms. The molecule has 0 aromatic carbocycles. The lowest BCUT2D eigenvalue weighted by Gasteiger charge is -2.35. The summed E-state index contributed by atoms with van der Waals surface area (Å²) >= 11 is 0. The van der Waals surface area contributed by atoms with E-state index in [9.17, 15) is 9.59 Å². The maximum Gasteiger partial charge on any atom is 0.411 e. The van der Waals surface area contributed by atoms with Crippen LogP contribution in [0.25, 0.3) is 0 Å². The second-order valence-electron chi connectivity index (χ2n) is 9.64. The Morgan fingerprint density at radius 1 is 1.25 bits per heavy atom. The number of carbonyl (C=O) groups is 2. The molecule has 1 unspecified atom stereocenters. The Hall–Kier alpha value is -1.78. The van der Waals surface area contributed by atoms with E-state index in [4.69, 9.17) is 4.74 Å². The fourth-order valence-electron chi connectivity index (χ4n) is 3.38. The van der Waals surface area contributed by atoms with Crippen molar-refractivity contribution in [3.8, 4) is 0 Å². The third-order valence-electron chi connectivity index (χ3n) is 5.54. The van der Waals surface area contributed by atoms with E-state index in [0.29, 0.717) is 18.4 Å². The number of allylic oxidation sites excluding steroid dienone is 2. The van der Waals surface area contributed by atoms with Crippen LogP contribution in [0, 0.1) is 11.8 Å². The van der Waals surface area contributed by atoms with Crippen molar-refractivity contribution in [1.82, 2.24) is 9.80 Å². The Morgan fingerprint density at radius 2 is 1.89 bits per heavy atom. The van der Waals surface area contributed by atoms with Crippen LogP contribution < -0.4 is 0 Å². The summed E-state index contributed by atoms with van der Waals surface area (Å²) in [5, 5.41) is 0. The molecule has 0 spiro atoms. The molecule has 1 atom stereocenters. The van der Waals surface area contributed by atoms with Crippen LogP contribution >= 0.6 is 0 Å². The van der Waals surface area contributed by atoms with E-state index in [1.165, 1.54) is 5.57 Å². The van der Waals surface area contributed by atoms with Crippen molar-refractivity contribution in [2.45, 2.75) is 78.9 Å². The number of carbonyl (C=O) groups excluding carboxylic acids is 2. The van der Waals surface area contributed by atoms with Gasteiger partial charge in [-0.15, -0.1) is 0 Å². The van der Waals surface area contributed by atoms with Crippen molar-refractivity contribution < 1.29 is 14.3 Å². The molecule has 1 aliphatic carbocycles. The van der Waals surface area contributed by atoms with Gasteiger partial charge >= 0.3 is 6.09 Å². The highest BCUT2D eigenvalue weighted by molar-refractivity contribution is 5.83. The van der Waals surface area contributed by atoms with E-state index in [1.54, 1.807) is 4.90 Å². The van der Waals surface area contributed by atoms with Gasteiger partial charge in [0.2, 0.25) is 5.91 Å². The number of hydrogen-bond donors (Lipinski definition) is 0. The van der Waals surface area contributed by atoms with Gasteiger partial charge in [0.1, 0.15) is 12.1 Å². The highest BCUT2D eigenvalue weighted by atomic mass is 16.6. The molecule has 1 saturated carbocycles. The van der Waals surface area contributed by atoms with Crippen molar-refractivity contribution in [3.05, 3.63) is 23.8 Å². The Labute approximate surface area is 170 Å². The number of likely N-dealkylation sites (tertiary alicyclic amines) is 1. The molecule has 2 aliphatic rings. The quantitative estimate of drug-likeness (QED) is 0.613. The fourth-order valence-corrected chi connectivity index (χ4v) is 3.38. The molecular weight excluding hydrogens is 352 g/mol. The number of nitrogens with zero attached hydrogens (tertiary/aromatic N) is 2. The van der Waals surface area contributed by atoms with Crippen molar-refractivity contribution in [3.63, 3.8) is 0 Å². The SMILES string of the molecule is C=C(/C=C(\C)C(C)C)C1CCCN(C(=O)CN(C(=O)OC(C)(C)C)C2CC2)C1. The minimum Gasteiger partial charge on any atom is -0.444 e. The van der Waals surface area contributed by atoms with Gasteiger partial charge in [-0.3, -0.25) is 9.69 Å². The van der Waals surface area contributed by atoms with Crippen LogP contribution in [0.5, 0.6) is 0 Å². The molecule has 1 saturated heterocycles. The molecule has 1 heterocycles. The fraction of sp³-hybridized carbons (Fsp3) is 0.739. The summed E-state index contributed by atoms with van der Waals surface area (Å²) in [6, 6.07) is 0.144. The van der Waals surface area contributed by atoms with Gasteiger partial charge in [-0.25, -0.2) is 4.79 Å². The molecule has 28 heavy (non-hydrogen) atoms. The first-order valence-electron chi connectivity index (χ1n) is 10.6. The molecule has 0 N–H and O–H groups in total. The standard InChI is InChI=1S/C23H38N2O3/c1-16(2)17(3)13-18(4)19-9-8-12-24(14-19)21(26)15-25(20-10-11-20)22(27)28-23(5,6)7/h13,16,19-20H,4,8-12,14-15H2,1-3,5-7H3/b17-13+. The molecule has 1 aliphatic heterocycles. The summed E-state index contributed by atoms with van der Waals surface area (Å²) in [6.07, 6.45) is 5.73. The predicted molar refractivity (Wildman–Crippen MR) is 113 cm³/mol. The lowest BCUT2D eigenvalue weighted by Crippen LogP contribution is -2.48. The Balaban J connectivity index is 1.98. The van der Waals surface area contributed by atoms with Crippen LogP contribution in [-0.2, 0) is 9.53 Å². The minimum absolute atomic E-state index is 0.0137. The van der Waals surface area contributed by atoms with E-state index >= 15 is 0 Å². The third kappa shape index (κ3) is 6.68. The zero-order valence-corrected chi connectivity index (χ0v) is 18.6. The number of rotatable bonds is 6. The Bertz CT molecular complexity index is 626. The maximum absolute atomic E-state index is 12.9. The first kappa shape index (κ1) is 22.5. The molecule has 0 radical (unpaired) electrons. The molecule has 0 aromatic rings. The van der Waals surface area contributed by atoms with Gasteiger partial charge in [0.05, 0.1) is 0 Å². The molecule has 2 amide bonds. The average Bonchev–Trinajstić information content (AvgIpc) is 3.42. The smallest absolute Gasteiger partial charge is 0.411 e. The van der Waals surface area contributed by atoms with Gasteiger partial charge in [-0.2, -0.15) is 0 Å². The van der Waals surface area contributed by atoms with E-state index in [2.05, 4.69) is 33.4 Å². The number of hydrogen-bond acceptors (Lipinski definition) is 3. The highest BCUT2D eigenvalue weighted by Crippen LogP contribution is 2.29. The third-order valence-corrected chi connectivity index (χ3v) is 5.54. The Kier molecular flexibility index (Phi) is 7.35. The number of amides is 2. The molecule has 158 valence electrons. The molecule has 2 fully saturated rings. The monoisotopic (exact) mass is 390 g/mol. The van der Waals surface area contributed by atoms with E-state index in [1.807, 2.05) is 25.7 Å². The summed E-state index contributed by atoms with van der Waals surface area (Å²) in [7, 11) is 0. The van der Waals surface area contributed by atoms with Gasteiger partial charge < -0.3 is 9.64 Å². The molecule has 5 heteroatoms. The summed E-state index contributed by atoms with van der Waals surface area (Å²) < 4.78 is 5.51. The predicted octanol–water partition coefficient (Wildman–Crippen LogP) is 4.78. The van der Waals surface area contributed by atoms with Crippen molar-refractivity contribution in [2.24, 2.45) is 11.8 Å². The minimum atomic E-state index is -0.554. The van der Waals surface area contributed by atoms with Crippen LogP contribution in [0.1, 0.15) is 67.2 Å². The van der Waals surface area contributed by atoms with Crippen LogP contribution in [0.2, 0.25) is 0 Å². The lowest BCUT2D eigenvalue weighted by atomic mass is 9.89. The largest absolute Gasteiger partial charge is 0.444 e. The van der Waals surface area contributed by atoms with Gasteiger partial charge in [0.15, 0.2) is 0 Å².